The van der Waals surface area contributed by atoms with Crippen molar-refractivity contribution in [1.82, 2.24) is 29.4 Å². The quantitative estimate of drug-likeness (QED) is 0.0992. The molecular formula is C45H43F3N8O8S. The zero-order valence-corrected chi connectivity index (χ0v) is 35.5. The van der Waals surface area contributed by atoms with Gasteiger partial charge in [0.15, 0.2) is 5.82 Å². The SMILES string of the molecule is O=C1CC[C@@H](N2Cc3cc(OC[C@H](O)CN4CC5(C4)CN(c4ccc(-c6cnc7[nH]cc(C(=O)c8c(F)ccc(NS(=O)(=O)N9CCC(F)C9)c8F)c7c6)cc4)C5)ccc3C2=O)C(=O)N1. The fraction of sp³-hybridized carbons (Fsp3) is 0.356. The maximum Gasteiger partial charge on any atom is 0.301 e. The molecule has 0 radical (unpaired) electrons. The predicted octanol–water partition coefficient (Wildman–Crippen LogP) is 3.76. The van der Waals surface area contributed by atoms with Gasteiger partial charge in [-0.1, -0.05) is 12.1 Å². The molecule has 4 N–H and O–H groups in total. The average Bonchev–Trinajstić information content (AvgIpc) is 3.98. The molecule has 5 aromatic rings. The number of pyridine rings is 1. The number of aromatic nitrogens is 2. The molecule has 0 aliphatic carbocycles. The number of carbonyl (C=O) groups is 4. The van der Waals surface area contributed by atoms with Crippen LogP contribution in [0.4, 0.5) is 24.5 Å². The average molecular weight is 913 g/mol. The van der Waals surface area contributed by atoms with E-state index in [1.807, 2.05) is 29.0 Å². The first-order valence-electron chi connectivity index (χ1n) is 21.2. The van der Waals surface area contributed by atoms with Crippen LogP contribution in [0.25, 0.3) is 22.2 Å². The monoisotopic (exact) mass is 912 g/mol. The molecule has 2 aromatic heterocycles. The lowest BCUT2D eigenvalue weighted by molar-refractivity contribution is -0.136. The summed E-state index contributed by atoms with van der Waals surface area (Å²) in [5.74, 6) is -4.16. The summed E-state index contributed by atoms with van der Waals surface area (Å²) in [6.45, 7) is 3.57. The van der Waals surface area contributed by atoms with Crippen LogP contribution in [-0.2, 0) is 26.3 Å². The molecule has 3 atom stereocenters. The predicted molar refractivity (Wildman–Crippen MR) is 230 cm³/mol. The van der Waals surface area contributed by atoms with Crippen molar-refractivity contribution in [2.24, 2.45) is 5.41 Å². The number of benzene rings is 3. The highest BCUT2D eigenvalue weighted by Gasteiger charge is 2.52. The highest BCUT2D eigenvalue weighted by atomic mass is 32.2. The first-order chi connectivity index (χ1) is 31.1. The van der Waals surface area contributed by atoms with E-state index >= 15 is 8.78 Å². The van der Waals surface area contributed by atoms with Gasteiger partial charge in [-0.2, -0.15) is 12.7 Å². The topological polar surface area (TPSA) is 198 Å². The third kappa shape index (κ3) is 7.97. The largest absolute Gasteiger partial charge is 0.491 e. The van der Waals surface area contributed by atoms with E-state index in [0.717, 1.165) is 59.4 Å². The number of amides is 3. The van der Waals surface area contributed by atoms with Crippen molar-refractivity contribution in [3.05, 3.63) is 107 Å². The maximum atomic E-state index is 15.7. The summed E-state index contributed by atoms with van der Waals surface area (Å²) < 4.78 is 78.9. The summed E-state index contributed by atoms with van der Waals surface area (Å²) in [6.07, 6.45) is 1.27. The Hall–Kier alpha value is -6.35. The summed E-state index contributed by atoms with van der Waals surface area (Å²) in [6, 6.07) is 15.6. The lowest BCUT2D eigenvalue weighted by Gasteiger charge is -2.61. The van der Waals surface area contributed by atoms with Gasteiger partial charge in [-0.05, 0) is 72.5 Å². The number of anilines is 2. The van der Waals surface area contributed by atoms with Gasteiger partial charge in [-0.25, -0.2) is 18.2 Å². The van der Waals surface area contributed by atoms with E-state index in [4.69, 9.17) is 4.74 Å². The molecule has 5 aliphatic rings. The van der Waals surface area contributed by atoms with Crippen molar-refractivity contribution in [3.63, 3.8) is 0 Å². The number of ether oxygens (including phenoxy) is 1. The molecule has 4 fully saturated rings. The first-order valence-corrected chi connectivity index (χ1v) is 22.7. The van der Waals surface area contributed by atoms with Crippen molar-refractivity contribution in [1.29, 1.82) is 0 Å². The van der Waals surface area contributed by atoms with Gasteiger partial charge in [-0.15, -0.1) is 0 Å². The Morgan fingerprint density at radius 1 is 1.00 bits per heavy atom. The number of fused-ring (bicyclic) bond motifs is 2. The number of hydrogen-bond donors (Lipinski definition) is 4. The minimum atomic E-state index is -4.37. The van der Waals surface area contributed by atoms with Gasteiger partial charge in [0, 0.05) is 104 Å². The molecule has 10 rings (SSSR count). The molecule has 7 heterocycles. The van der Waals surface area contributed by atoms with E-state index < -0.39 is 69.6 Å². The molecular weight excluding hydrogens is 870 g/mol. The molecule has 1 unspecified atom stereocenters. The Bertz CT molecular complexity index is 2880. The van der Waals surface area contributed by atoms with E-state index in [-0.39, 0.29) is 61.8 Å². The van der Waals surface area contributed by atoms with E-state index in [0.29, 0.717) is 34.5 Å². The number of rotatable bonds is 13. The first kappa shape index (κ1) is 42.6. The number of nitrogens with one attached hydrogen (secondary N) is 3. The minimum absolute atomic E-state index is 0.00528. The summed E-state index contributed by atoms with van der Waals surface area (Å²) in [7, 11) is -4.37. The molecule has 5 aliphatic heterocycles. The number of likely N-dealkylation sites (tertiary alicyclic amines) is 1. The second-order valence-corrected chi connectivity index (χ2v) is 19.2. The van der Waals surface area contributed by atoms with E-state index in [1.54, 1.807) is 30.5 Å². The number of carbonyl (C=O) groups excluding carboxylic acids is 4. The number of imide groups is 1. The Kier molecular flexibility index (Phi) is 10.7. The molecule has 0 bridgehead atoms. The Labute approximate surface area is 370 Å². The number of halogens is 3. The molecule has 20 heteroatoms. The highest BCUT2D eigenvalue weighted by Crippen LogP contribution is 2.42. The second kappa shape index (κ2) is 16.3. The van der Waals surface area contributed by atoms with Crippen molar-refractivity contribution in [2.45, 2.75) is 44.1 Å². The standard InChI is InChI=1S/C45H43F3N8O8S/c46-28-11-12-55(18-28)65(62,63)52-36-8-7-35(47)39(40(36)48)41(59)34-16-50-42-33(34)14-26(15-49-42)25-1-3-29(4-2-25)54-23-45(24-54)21-53(22-45)19-30(57)20-64-31-5-6-32-27(13-31)17-56(44(32)61)37-9-10-38(58)51-43(37)60/h1-8,13-16,28,30,37,52,57H,9-12,17-24H2,(H,49,50)(H,51,58,60)/t28?,30-,37-/m1/s1. The fourth-order valence-electron chi connectivity index (χ4n) is 9.66. The van der Waals surface area contributed by atoms with Crippen LogP contribution in [-0.4, -0.2) is 132 Å². The number of alkyl halides is 1. The summed E-state index contributed by atoms with van der Waals surface area (Å²) in [4.78, 5) is 63.9. The van der Waals surface area contributed by atoms with Gasteiger partial charge < -0.3 is 24.6 Å². The number of aromatic amines is 1. The van der Waals surface area contributed by atoms with Crippen LogP contribution >= 0.6 is 0 Å². The van der Waals surface area contributed by atoms with E-state index in [1.165, 1.54) is 11.1 Å². The molecule has 65 heavy (non-hydrogen) atoms. The molecule has 16 nitrogen and oxygen atoms in total. The number of nitrogens with zero attached hydrogens (tertiary/aromatic N) is 5. The number of aliphatic hydroxyl groups is 1. The zero-order chi connectivity index (χ0) is 45.4. The number of piperidine rings is 1. The zero-order valence-electron chi connectivity index (χ0n) is 34.7. The van der Waals surface area contributed by atoms with Gasteiger partial charge in [0.05, 0.1) is 11.3 Å². The number of hydrogen-bond acceptors (Lipinski definition) is 11. The molecule has 3 amide bonds. The van der Waals surface area contributed by atoms with Crippen molar-refractivity contribution < 1.29 is 50.6 Å². The lowest BCUT2D eigenvalue weighted by Crippen LogP contribution is -2.72. The number of ketones is 1. The lowest BCUT2D eigenvalue weighted by atomic mass is 9.72. The number of β-amino-alcohol motifs (C(OH)–C–C–N with tert-alkyl or cyclic N) is 1. The summed E-state index contributed by atoms with van der Waals surface area (Å²) in [5, 5.41) is 13.4. The normalized spacial score (nSPS) is 21.3. The van der Waals surface area contributed by atoms with Crippen LogP contribution in [0.3, 0.4) is 0 Å². The van der Waals surface area contributed by atoms with Crippen LogP contribution in [0, 0.1) is 17.0 Å². The second-order valence-electron chi connectivity index (χ2n) is 17.5. The smallest absolute Gasteiger partial charge is 0.301 e. The van der Waals surface area contributed by atoms with Crippen LogP contribution < -0.4 is 19.7 Å². The molecule has 338 valence electrons. The molecule has 0 saturated carbocycles. The summed E-state index contributed by atoms with van der Waals surface area (Å²) in [5.41, 5.74) is 2.43. The van der Waals surface area contributed by atoms with Gasteiger partial charge >= 0.3 is 10.2 Å². The Morgan fingerprint density at radius 2 is 1.78 bits per heavy atom. The van der Waals surface area contributed by atoms with Crippen molar-refractivity contribution in [2.75, 3.05) is 62.0 Å². The van der Waals surface area contributed by atoms with Gasteiger partial charge in [0.2, 0.25) is 17.6 Å². The van der Waals surface area contributed by atoms with Crippen LogP contribution in [0.15, 0.2) is 73.1 Å². The fourth-order valence-corrected chi connectivity index (χ4v) is 10.9. The molecule has 1 spiro atoms. The maximum absolute atomic E-state index is 15.7. The van der Waals surface area contributed by atoms with E-state index in [2.05, 4.69) is 25.1 Å². The van der Waals surface area contributed by atoms with E-state index in [9.17, 15) is 37.1 Å². The van der Waals surface area contributed by atoms with Gasteiger partial charge in [0.25, 0.3) is 5.91 Å². The van der Waals surface area contributed by atoms with Gasteiger partial charge in [0.1, 0.15) is 42.1 Å². The number of aliphatic hydroxyl groups excluding tert-OH is 1. The Balaban J connectivity index is 0.720. The molecule has 3 aromatic carbocycles. The Morgan fingerprint density at radius 3 is 2.52 bits per heavy atom. The third-order valence-electron chi connectivity index (χ3n) is 12.9. The van der Waals surface area contributed by atoms with Crippen LogP contribution in [0.1, 0.15) is 51.1 Å². The van der Waals surface area contributed by atoms with Crippen LogP contribution in [0.2, 0.25) is 0 Å². The summed E-state index contributed by atoms with van der Waals surface area (Å²) >= 11 is 0. The van der Waals surface area contributed by atoms with Gasteiger partial charge in [-0.3, -0.25) is 34.1 Å². The highest BCUT2D eigenvalue weighted by molar-refractivity contribution is 7.90. The number of H-pyrrole nitrogens is 1. The molecule has 4 saturated heterocycles. The van der Waals surface area contributed by atoms with Crippen molar-refractivity contribution >= 4 is 56.1 Å². The van der Waals surface area contributed by atoms with Crippen molar-refractivity contribution in [3.8, 4) is 16.9 Å². The minimum Gasteiger partial charge on any atom is -0.491 e. The van der Waals surface area contributed by atoms with Crippen LogP contribution in [0.5, 0.6) is 5.75 Å². The third-order valence-corrected chi connectivity index (χ3v) is 14.4.